The highest BCUT2D eigenvalue weighted by Gasteiger charge is 2.43. The van der Waals surface area contributed by atoms with Crippen LogP contribution in [0.2, 0.25) is 0 Å². The number of H-pyrrole nitrogens is 1. The Balaban J connectivity index is 2.40. The Kier molecular flexibility index (Phi) is 5.17. The molecule has 138 valence electrons. The van der Waals surface area contributed by atoms with Crippen molar-refractivity contribution >= 4 is 29.3 Å². The first-order valence-corrected chi connectivity index (χ1v) is 9.03. The van der Waals surface area contributed by atoms with E-state index < -0.39 is 16.9 Å². The summed E-state index contributed by atoms with van der Waals surface area (Å²) in [5.41, 5.74) is 0.541. The Morgan fingerprint density at radius 1 is 1.28 bits per heavy atom. The summed E-state index contributed by atoms with van der Waals surface area (Å²) in [5, 5.41) is 23.7. The van der Waals surface area contributed by atoms with Crippen LogP contribution in [0.3, 0.4) is 0 Å². The first kappa shape index (κ1) is 19.3. The molecule has 0 bridgehead atoms. The van der Waals surface area contributed by atoms with E-state index >= 15 is 0 Å². The fraction of sp³-hybridized carbons (Fsp3) is 0.625. The van der Waals surface area contributed by atoms with Crippen LogP contribution in [0.15, 0.2) is 4.90 Å². The zero-order chi connectivity index (χ0) is 19.0. The van der Waals surface area contributed by atoms with E-state index in [-0.39, 0.29) is 12.3 Å². The maximum absolute atomic E-state index is 11.6. The number of thioether (sulfide) groups is 1. The molecule has 0 aliphatic carbocycles. The number of carbonyl (C=O) groups is 2. The molecule has 2 rings (SSSR count). The topological polar surface area (TPSA) is 112 Å². The third-order valence-corrected chi connectivity index (χ3v) is 5.84. The van der Waals surface area contributed by atoms with Crippen molar-refractivity contribution in [3.63, 3.8) is 0 Å². The van der Waals surface area contributed by atoms with E-state index in [1.54, 1.807) is 0 Å². The second kappa shape index (κ2) is 6.70. The van der Waals surface area contributed by atoms with Crippen molar-refractivity contribution in [2.45, 2.75) is 63.8 Å². The normalized spacial score (nSPS) is 12.6. The van der Waals surface area contributed by atoms with Crippen LogP contribution in [0.4, 0.5) is 0 Å². The molecule has 0 saturated heterocycles. The van der Waals surface area contributed by atoms with Crippen molar-refractivity contribution in [3.8, 4) is 0 Å². The number of amides is 1. The third kappa shape index (κ3) is 3.65. The summed E-state index contributed by atoms with van der Waals surface area (Å²) in [5.74, 6) is 0.241. The predicted molar refractivity (Wildman–Crippen MR) is 96.0 cm³/mol. The number of aromatic nitrogens is 4. The molecule has 2 aromatic heterocycles. The van der Waals surface area contributed by atoms with Crippen LogP contribution in [-0.2, 0) is 15.0 Å². The molecule has 0 unspecified atom stereocenters. The monoisotopic (exact) mass is 367 g/mol. The van der Waals surface area contributed by atoms with Gasteiger partial charge in [-0.05, 0) is 20.8 Å². The van der Waals surface area contributed by atoms with E-state index in [2.05, 4.69) is 20.6 Å². The van der Waals surface area contributed by atoms with Gasteiger partial charge in [0.15, 0.2) is 11.5 Å². The number of nitrogens with zero attached hydrogens (tertiary/aromatic N) is 3. The van der Waals surface area contributed by atoms with Gasteiger partial charge in [0.2, 0.25) is 5.91 Å². The van der Waals surface area contributed by atoms with Gasteiger partial charge >= 0.3 is 5.97 Å². The lowest BCUT2D eigenvalue weighted by molar-refractivity contribution is -0.136. The molecule has 0 atom stereocenters. The summed E-state index contributed by atoms with van der Waals surface area (Å²) >= 11 is 1.45. The number of hydrogen-bond donors (Lipinski definition) is 3. The average Bonchev–Trinajstić information content (AvgIpc) is 2.97. The van der Waals surface area contributed by atoms with Gasteiger partial charge in [-0.3, -0.25) is 14.7 Å². The molecule has 8 nitrogen and oxygen atoms in total. The highest BCUT2D eigenvalue weighted by atomic mass is 32.2. The number of fused-ring (bicyclic) bond motifs is 1. The summed E-state index contributed by atoms with van der Waals surface area (Å²) in [6, 6.07) is 0. The van der Waals surface area contributed by atoms with E-state index in [4.69, 9.17) is 5.11 Å². The van der Waals surface area contributed by atoms with E-state index in [0.29, 0.717) is 17.2 Å². The number of carboxylic acids is 1. The van der Waals surface area contributed by atoms with Crippen LogP contribution in [0, 0.1) is 6.92 Å². The van der Waals surface area contributed by atoms with Crippen LogP contribution < -0.4 is 5.32 Å². The zero-order valence-electron chi connectivity index (χ0n) is 15.4. The van der Waals surface area contributed by atoms with Crippen LogP contribution in [0.25, 0.3) is 5.65 Å². The van der Waals surface area contributed by atoms with Gasteiger partial charge in [0.1, 0.15) is 0 Å². The molecule has 2 aromatic rings. The van der Waals surface area contributed by atoms with Crippen LogP contribution >= 0.6 is 11.8 Å². The zero-order valence-corrected chi connectivity index (χ0v) is 16.2. The third-order valence-electron chi connectivity index (χ3n) is 4.66. The van der Waals surface area contributed by atoms with Gasteiger partial charge < -0.3 is 10.4 Å². The van der Waals surface area contributed by atoms with Gasteiger partial charge in [0, 0.05) is 29.3 Å². The Labute approximate surface area is 150 Å². The number of hydrogen-bond acceptors (Lipinski definition) is 5. The summed E-state index contributed by atoms with van der Waals surface area (Å²) < 4.78 is 1.82. The SMILES string of the molecule is CC(=O)NC(C)(C)C(C)(C)c1nnc2c(SCCC(=O)O)c(C)[nH]n12. The van der Waals surface area contributed by atoms with E-state index in [1.807, 2.05) is 39.1 Å². The van der Waals surface area contributed by atoms with Crippen LogP contribution in [0.1, 0.15) is 52.6 Å². The van der Waals surface area contributed by atoms with Gasteiger partial charge in [-0.2, -0.15) is 0 Å². The fourth-order valence-corrected chi connectivity index (χ4v) is 3.62. The highest BCUT2D eigenvalue weighted by molar-refractivity contribution is 7.99. The number of nitrogens with one attached hydrogen (secondary N) is 2. The Bertz CT molecular complexity index is 806. The standard InChI is InChI=1S/C16H25N5O3S/c1-9-12(25-8-7-11(23)24)13-18-19-14(21(13)20-9)15(3,4)16(5,6)17-10(2)22/h20H,7-8H2,1-6H3,(H,17,22)(H,23,24). The second-order valence-electron chi connectivity index (χ2n) is 7.17. The fourth-order valence-electron chi connectivity index (χ4n) is 2.62. The van der Waals surface area contributed by atoms with Gasteiger partial charge in [0.25, 0.3) is 0 Å². The summed E-state index contributed by atoms with van der Waals surface area (Å²) in [6.07, 6.45) is 0.0868. The number of carbonyl (C=O) groups excluding carboxylic acids is 1. The van der Waals surface area contributed by atoms with E-state index in [9.17, 15) is 9.59 Å². The Hall–Kier alpha value is -2.03. The maximum atomic E-state index is 11.6. The smallest absolute Gasteiger partial charge is 0.304 e. The number of aliphatic carboxylic acids is 1. The molecule has 0 aromatic carbocycles. The molecule has 0 radical (unpaired) electrons. The second-order valence-corrected chi connectivity index (χ2v) is 8.28. The molecule has 0 saturated carbocycles. The van der Waals surface area contributed by atoms with Crippen LogP contribution in [0.5, 0.6) is 0 Å². The molecular formula is C16H25N5O3S. The van der Waals surface area contributed by atoms with Crippen LogP contribution in [-0.4, -0.2) is 48.1 Å². The van der Waals surface area contributed by atoms with Crippen molar-refractivity contribution in [1.29, 1.82) is 0 Å². The number of aromatic amines is 1. The minimum Gasteiger partial charge on any atom is -0.481 e. The van der Waals surface area contributed by atoms with Crippen molar-refractivity contribution < 1.29 is 14.7 Å². The Morgan fingerprint density at radius 3 is 2.48 bits per heavy atom. The number of rotatable bonds is 7. The van der Waals surface area contributed by atoms with Gasteiger partial charge in [-0.25, -0.2) is 4.52 Å². The van der Waals surface area contributed by atoms with E-state index in [0.717, 1.165) is 10.6 Å². The van der Waals surface area contributed by atoms with E-state index in [1.165, 1.54) is 18.7 Å². The van der Waals surface area contributed by atoms with Gasteiger partial charge in [0.05, 0.1) is 11.3 Å². The van der Waals surface area contributed by atoms with Crippen molar-refractivity contribution in [3.05, 3.63) is 11.5 Å². The minimum absolute atomic E-state index is 0.0868. The number of carboxylic acid groups (broad SMARTS) is 1. The molecule has 3 N–H and O–H groups in total. The molecule has 0 spiro atoms. The largest absolute Gasteiger partial charge is 0.481 e. The molecule has 25 heavy (non-hydrogen) atoms. The number of aryl methyl sites for hydroxylation is 1. The lowest BCUT2D eigenvalue weighted by Gasteiger charge is -2.40. The minimum atomic E-state index is -0.822. The molecule has 9 heteroatoms. The summed E-state index contributed by atoms with van der Waals surface area (Å²) in [4.78, 5) is 23.2. The predicted octanol–water partition coefficient (Wildman–Crippen LogP) is 2.12. The molecule has 0 fully saturated rings. The van der Waals surface area contributed by atoms with Crippen molar-refractivity contribution in [2.24, 2.45) is 0 Å². The lowest BCUT2D eigenvalue weighted by atomic mass is 9.73. The molecule has 0 aliphatic rings. The molecule has 0 aliphatic heterocycles. The van der Waals surface area contributed by atoms with Gasteiger partial charge in [-0.15, -0.1) is 22.0 Å². The molecular weight excluding hydrogens is 342 g/mol. The van der Waals surface area contributed by atoms with Crippen molar-refractivity contribution in [1.82, 2.24) is 25.1 Å². The highest BCUT2D eigenvalue weighted by Crippen LogP contribution is 2.36. The van der Waals surface area contributed by atoms with Gasteiger partial charge in [-0.1, -0.05) is 13.8 Å². The maximum Gasteiger partial charge on any atom is 0.304 e. The lowest BCUT2D eigenvalue weighted by Crippen LogP contribution is -2.56. The quantitative estimate of drug-likeness (QED) is 0.646. The molecule has 2 heterocycles. The summed E-state index contributed by atoms with van der Waals surface area (Å²) in [6.45, 7) is 11.3. The van der Waals surface area contributed by atoms with Crippen molar-refractivity contribution in [2.75, 3.05) is 5.75 Å². The first-order valence-electron chi connectivity index (χ1n) is 8.05. The average molecular weight is 367 g/mol. The summed E-state index contributed by atoms with van der Waals surface area (Å²) in [7, 11) is 0. The molecule has 1 amide bonds. The Morgan fingerprint density at radius 2 is 1.92 bits per heavy atom. The first-order chi connectivity index (χ1) is 11.5.